The third-order valence-electron chi connectivity index (χ3n) is 1.50. The Morgan fingerprint density at radius 1 is 1.42 bits per heavy atom. The molecule has 1 aromatic rings. The molecule has 1 nitrogen and oxygen atoms in total. The summed E-state index contributed by atoms with van der Waals surface area (Å²) in [5.41, 5.74) is 0.235. The molecular formula is C8H7Cl2FO. The second-order valence-electron chi connectivity index (χ2n) is 2.43. The highest BCUT2D eigenvalue weighted by Crippen LogP contribution is 2.31. The molecule has 0 saturated heterocycles. The van der Waals surface area contributed by atoms with E-state index in [9.17, 15) is 9.50 Å². The Hall–Kier alpha value is -0.310. The van der Waals surface area contributed by atoms with Crippen LogP contribution in [0.3, 0.4) is 0 Å². The minimum atomic E-state index is -0.860. The van der Waals surface area contributed by atoms with Crippen LogP contribution in [0.5, 0.6) is 0 Å². The van der Waals surface area contributed by atoms with Gasteiger partial charge in [-0.25, -0.2) is 4.39 Å². The van der Waals surface area contributed by atoms with Gasteiger partial charge in [-0.2, -0.15) is 0 Å². The van der Waals surface area contributed by atoms with Crippen LogP contribution in [0.2, 0.25) is 10.0 Å². The predicted octanol–water partition coefficient (Wildman–Crippen LogP) is 3.19. The lowest BCUT2D eigenvalue weighted by Crippen LogP contribution is -1.95. The van der Waals surface area contributed by atoms with E-state index >= 15 is 0 Å². The lowest BCUT2D eigenvalue weighted by atomic mass is 10.2. The highest BCUT2D eigenvalue weighted by Gasteiger charge is 2.14. The second kappa shape index (κ2) is 3.60. The van der Waals surface area contributed by atoms with Crippen molar-refractivity contribution in [2.24, 2.45) is 0 Å². The van der Waals surface area contributed by atoms with Gasteiger partial charge in [-0.1, -0.05) is 23.2 Å². The summed E-state index contributed by atoms with van der Waals surface area (Å²) in [6.07, 6.45) is -0.860. The molecule has 0 unspecified atom stereocenters. The highest BCUT2D eigenvalue weighted by molar-refractivity contribution is 6.36. The molecule has 0 heterocycles. The van der Waals surface area contributed by atoms with Gasteiger partial charge in [0.15, 0.2) is 0 Å². The van der Waals surface area contributed by atoms with Crippen molar-refractivity contribution in [2.45, 2.75) is 13.0 Å². The van der Waals surface area contributed by atoms with Gasteiger partial charge in [0.2, 0.25) is 0 Å². The molecule has 1 rings (SSSR count). The Bertz CT molecular complexity index is 299. The molecule has 0 saturated carbocycles. The van der Waals surface area contributed by atoms with Crippen LogP contribution < -0.4 is 0 Å². The molecular weight excluding hydrogens is 203 g/mol. The van der Waals surface area contributed by atoms with E-state index < -0.39 is 11.9 Å². The van der Waals surface area contributed by atoms with Crippen LogP contribution in [0, 0.1) is 5.82 Å². The molecule has 0 fully saturated rings. The van der Waals surface area contributed by atoms with Gasteiger partial charge in [-0.3, -0.25) is 0 Å². The Balaban J connectivity index is 3.33. The zero-order valence-corrected chi connectivity index (χ0v) is 7.83. The molecule has 1 N–H and O–H groups in total. The molecule has 0 aromatic heterocycles. The van der Waals surface area contributed by atoms with Gasteiger partial charge in [-0.05, 0) is 19.1 Å². The average Bonchev–Trinajstić information content (AvgIpc) is 1.97. The van der Waals surface area contributed by atoms with Gasteiger partial charge in [0.1, 0.15) is 5.82 Å². The SMILES string of the molecule is C[13C@H](O)c1c(Cl)ccc(F)c1Cl. The van der Waals surface area contributed by atoms with Gasteiger partial charge in [-0.15, -0.1) is 0 Å². The van der Waals surface area contributed by atoms with Crippen molar-refractivity contribution < 1.29 is 9.50 Å². The monoisotopic (exact) mass is 209 g/mol. The summed E-state index contributed by atoms with van der Waals surface area (Å²) in [7, 11) is 0. The molecule has 1 aromatic carbocycles. The minimum Gasteiger partial charge on any atom is -0.389 e. The minimum absolute atomic E-state index is 0.113. The van der Waals surface area contributed by atoms with Gasteiger partial charge >= 0.3 is 0 Å². The Labute approximate surface area is 79.7 Å². The second-order valence-corrected chi connectivity index (χ2v) is 3.22. The van der Waals surface area contributed by atoms with Gasteiger partial charge in [0, 0.05) is 10.6 Å². The molecule has 0 amide bonds. The zero-order valence-electron chi connectivity index (χ0n) is 6.31. The Kier molecular flexibility index (Phi) is 2.94. The molecule has 1 atom stereocenters. The normalized spacial score (nSPS) is 13.1. The van der Waals surface area contributed by atoms with Gasteiger partial charge in [0.25, 0.3) is 0 Å². The molecule has 12 heavy (non-hydrogen) atoms. The van der Waals surface area contributed by atoms with Crippen molar-refractivity contribution in [2.75, 3.05) is 0 Å². The summed E-state index contributed by atoms with van der Waals surface area (Å²) < 4.78 is 12.8. The third-order valence-corrected chi connectivity index (χ3v) is 2.21. The first-order valence-corrected chi connectivity index (χ1v) is 4.11. The Morgan fingerprint density at radius 3 is 2.42 bits per heavy atom. The van der Waals surface area contributed by atoms with Crippen molar-refractivity contribution in [3.05, 3.63) is 33.6 Å². The van der Waals surface area contributed by atoms with Crippen LogP contribution in [-0.2, 0) is 0 Å². The first-order valence-electron chi connectivity index (χ1n) is 3.35. The van der Waals surface area contributed by atoms with E-state index in [1.807, 2.05) is 0 Å². The maximum Gasteiger partial charge on any atom is 0.142 e. The van der Waals surface area contributed by atoms with E-state index in [2.05, 4.69) is 0 Å². The van der Waals surface area contributed by atoms with Gasteiger partial charge < -0.3 is 5.11 Å². The molecule has 4 heteroatoms. The van der Waals surface area contributed by atoms with Gasteiger partial charge in [0.05, 0.1) is 11.1 Å². The van der Waals surface area contributed by atoms with Crippen molar-refractivity contribution in [3.63, 3.8) is 0 Å². The van der Waals surface area contributed by atoms with Crippen molar-refractivity contribution >= 4 is 23.2 Å². The number of rotatable bonds is 1. The van der Waals surface area contributed by atoms with Crippen LogP contribution in [0.4, 0.5) is 4.39 Å². The third kappa shape index (κ3) is 1.71. The number of hydrogen-bond donors (Lipinski definition) is 1. The first kappa shape index (κ1) is 9.78. The lowest BCUT2D eigenvalue weighted by molar-refractivity contribution is 0.199. The summed E-state index contributed by atoms with van der Waals surface area (Å²) in [6.45, 7) is 1.48. The molecule has 0 spiro atoms. The zero-order chi connectivity index (χ0) is 9.30. The Morgan fingerprint density at radius 2 is 2.00 bits per heavy atom. The van der Waals surface area contributed by atoms with Crippen LogP contribution >= 0.6 is 23.2 Å². The maximum absolute atomic E-state index is 12.8. The molecule has 66 valence electrons. The number of aliphatic hydroxyl groups excluding tert-OH is 1. The fourth-order valence-corrected chi connectivity index (χ4v) is 1.61. The summed E-state index contributed by atoms with van der Waals surface area (Å²) in [5, 5.41) is 9.34. The molecule has 0 aliphatic heterocycles. The molecule has 0 bridgehead atoms. The largest absolute Gasteiger partial charge is 0.389 e. The van der Waals surface area contributed by atoms with Crippen LogP contribution in [0.15, 0.2) is 12.1 Å². The topological polar surface area (TPSA) is 20.2 Å². The average molecular weight is 210 g/mol. The molecule has 0 radical (unpaired) electrons. The summed E-state index contributed by atoms with van der Waals surface area (Å²) in [5.74, 6) is -0.572. The van der Waals surface area contributed by atoms with Crippen molar-refractivity contribution in [1.82, 2.24) is 0 Å². The van der Waals surface area contributed by atoms with E-state index in [1.165, 1.54) is 13.0 Å². The standard InChI is InChI=1S/C8H7Cl2FO/c1-4(12)7-5(9)2-3-6(11)8(7)10/h2-4,12H,1H3/t4-/m0/s1/i4+1. The lowest BCUT2D eigenvalue weighted by Gasteiger charge is -2.09. The van der Waals surface area contributed by atoms with Crippen LogP contribution in [0.25, 0.3) is 0 Å². The van der Waals surface area contributed by atoms with E-state index in [0.717, 1.165) is 6.07 Å². The summed E-state index contributed by atoms with van der Waals surface area (Å²) in [4.78, 5) is 0. The quantitative estimate of drug-likeness (QED) is 0.557. The van der Waals surface area contributed by atoms with E-state index in [1.54, 1.807) is 0 Å². The fourth-order valence-electron chi connectivity index (χ4n) is 0.926. The molecule has 0 aliphatic carbocycles. The fraction of sp³-hybridized carbons (Fsp3) is 0.250. The number of benzene rings is 1. The smallest absolute Gasteiger partial charge is 0.142 e. The van der Waals surface area contributed by atoms with Crippen LogP contribution in [0.1, 0.15) is 18.6 Å². The van der Waals surface area contributed by atoms with Crippen LogP contribution in [-0.4, -0.2) is 5.11 Å². The summed E-state index contributed by atoms with van der Waals surface area (Å²) in [6, 6.07) is 2.53. The molecule has 0 aliphatic rings. The number of aliphatic hydroxyl groups is 1. The van der Waals surface area contributed by atoms with Crippen molar-refractivity contribution in [3.8, 4) is 0 Å². The highest BCUT2D eigenvalue weighted by atomic mass is 35.5. The maximum atomic E-state index is 12.8. The first-order chi connectivity index (χ1) is 5.54. The van der Waals surface area contributed by atoms with Crippen molar-refractivity contribution in [1.29, 1.82) is 0 Å². The predicted molar refractivity (Wildman–Crippen MR) is 47.1 cm³/mol. The number of hydrogen-bond acceptors (Lipinski definition) is 1. The van der Waals surface area contributed by atoms with E-state index in [-0.39, 0.29) is 15.6 Å². The number of halogens is 3. The summed E-state index contributed by atoms with van der Waals surface area (Å²) >= 11 is 11.3. The van der Waals surface area contributed by atoms with E-state index in [0.29, 0.717) is 0 Å². The van der Waals surface area contributed by atoms with E-state index in [4.69, 9.17) is 23.2 Å².